The summed E-state index contributed by atoms with van der Waals surface area (Å²) >= 11 is 1.31. The minimum absolute atomic E-state index is 0.0287. The third kappa shape index (κ3) is 5.16. The third-order valence-electron chi connectivity index (χ3n) is 4.85. The summed E-state index contributed by atoms with van der Waals surface area (Å²) in [4.78, 5) is 32.8. The number of aryl methyl sites for hydroxylation is 1. The summed E-state index contributed by atoms with van der Waals surface area (Å²) in [5, 5.41) is 3.59. The number of amides is 1. The molecule has 1 aliphatic carbocycles. The Morgan fingerprint density at radius 1 is 1.22 bits per heavy atom. The van der Waals surface area contributed by atoms with Crippen molar-refractivity contribution in [2.45, 2.75) is 44.2 Å². The molecule has 1 unspecified atom stereocenters. The summed E-state index contributed by atoms with van der Waals surface area (Å²) in [6, 6.07) is 10.3. The van der Waals surface area contributed by atoms with Gasteiger partial charge in [-0.2, -0.15) is 0 Å². The highest BCUT2D eigenvalue weighted by Crippen LogP contribution is 2.24. The molecule has 1 N–H and O–H groups in total. The van der Waals surface area contributed by atoms with Crippen molar-refractivity contribution in [3.05, 3.63) is 53.3 Å². The molecule has 2 aromatic rings. The van der Waals surface area contributed by atoms with Gasteiger partial charge in [-0.05, 0) is 24.3 Å². The summed E-state index contributed by atoms with van der Waals surface area (Å²) < 4.78 is 0. The highest BCUT2D eigenvalue weighted by Gasteiger charge is 2.20. The first kappa shape index (κ1) is 19.5. The van der Waals surface area contributed by atoms with Gasteiger partial charge in [0.1, 0.15) is 0 Å². The molecule has 5 nitrogen and oxygen atoms in total. The van der Waals surface area contributed by atoms with Crippen LogP contribution in [0.5, 0.6) is 0 Å². The van der Waals surface area contributed by atoms with Crippen LogP contribution in [0.4, 0.5) is 0 Å². The van der Waals surface area contributed by atoms with Gasteiger partial charge >= 0.3 is 0 Å². The molecule has 1 atom stereocenters. The highest BCUT2D eigenvalue weighted by atomic mass is 32.2. The van der Waals surface area contributed by atoms with Crippen molar-refractivity contribution in [1.82, 2.24) is 15.3 Å². The van der Waals surface area contributed by atoms with E-state index < -0.39 is 0 Å². The highest BCUT2D eigenvalue weighted by molar-refractivity contribution is 7.99. The maximum atomic E-state index is 12.3. The smallest absolute Gasteiger partial charge is 0.230 e. The summed E-state index contributed by atoms with van der Waals surface area (Å²) in [7, 11) is 0. The summed E-state index contributed by atoms with van der Waals surface area (Å²) in [6.45, 7) is 4.95. The van der Waals surface area contributed by atoms with Crippen LogP contribution in [0.2, 0.25) is 0 Å². The Morgan fingerprint density at radius 2 is 2.00 bits per heavy atom. The number of Topliss-reactive ketones (excluding diaryl/α,β-unsaturated/α-hetero) is 1. The molecule has 0 radical (unpaired) electrons. The number of fused-ring (bicyclic) bond motifs is 1. The second kappa shape index (κ2) is 9.13. The number of nitrogens with one attached hydrogen (secondary N) is 1. The average molecular weight is 384 g/mol. The van der Waals surface area contributed by atoms with E-state index in [9.17, 15) is 9.59 Å². The van der Waals surface area contributed by atoms with Gasteiger partial charge in [-0.15, -0.1) is 0 Å². The Hall–Kier alpha value is -2.21. The molecule has 1 aromatic carbocycles. The van der Waals surface area contributed by atoms with Crippen LogP contribution in [-0.2, 0) is 11.2 Å². The lowest BCUT2D eigenvalue weighted by Gasteiger charge is -2.21. The molecule has 27 heavy (non-hydrogen) atoms. The number of hydrogen-bond acceptors (Lipinski definition) is 5. The monoisotopic (exact) mass is 383 g/mol. The Labute approximate surface area is 164 Å². The van der Waals surface area contributed by atoms with Gasteiger partial charge in [-0.3, -0.25) is 9.59 Å². The molecular formula is C21H25N3O2S. The molecule has 0 spiro atoms. The number of hydrogen-bond donors (Lipinski definition) is 1. The summed E-state index contributed by atoms with van der Waals surface area (Å²) in [5.41, 5.74) is 2.69. The van der Waals surface area contributed by atoms with Gasteiger partial charge in [0.15, 0.2) is 10.9 Å². The van der Waals surface area contributed by atoms with Crippen molar-refractivity contribution in [3.63, 3.8) is 0 Å². The fraction of sp³-hybridized carbons (Fsp3) is 0.429. The molecule has 0 saturated carbocycles. The summed E-state index contributed by atoms with van der Waals surface area (Å²) in [5.74, 6) is 1.07. The van der Waals surface area contributed by atoms with Crippen LogP contribution in [0.3, 0.4) is 0 Å². The van der Waals surface area contributed by atoms with Gasteiger partial charge < -0.3 is 5.32 Å². The largest absolute Gasteiger partial charge is 0.355 e. The number of aromatic nitrogens is 2. The molecule has 0 saturated heterocycles. The average Bonchev–Trinajstić information content (AvgIpc) is 2.67. The van der Waals surface area contributed by atoms with Gasteiger partial charge in [-0.25, -0.2) is 9.97 Å². The number of rotatable bonds is 7. The lowest BCUT2D eigenvalue weighted by atomic mass is 9.88. The fourth-order valence-corrected chi connectivity index (χ4v) is 3.95. The summed E-state index contributed by atoms with van der Waals surface area (Å²) in [6.07, 6.45) is 3.82. The lowest BCUT2D eigenvalue weighted by Crippen LogP contribution is -2.31. The van der Waals surface area contributed by atoms with E-state index in [0.717, 1.165) is 18.5 Å². The fourth-order valence-electron chi connectivity index (χ4n) is 3.29. The van der Waals surface area contributed by atoms with Crippen LogP contribution in [-0.4, -0.2) is 34.0 Å². The Bertz CT molecular complexity index is 808. The Kier molecular flexibility index (Phi) is 6.61. The molecular weight excluding hydrogens is 358 g/mol. The second-order valence-corrected chi connectivity index (χ2v) is 8.09. The maximum absolute atomic E-state index is 12.3. The van der Waals surface area contributed by atoms with E-state index in [1.54, 1.807) is 6.20 Å². The first-order valence-electron chi connectivity index (χ1n) is 9.38. The minimum atomic E-state index is -0.0287. The SMILES string of the molecule is CC(C)C(CNC(=O)CSc1ncc2c(n1)CCCC2=O)c1ccccc1. The molecule has 1 amide bonds. The molecule has 0 bridgehead atoms. The second-order valence-electron chi connectivity index (χ2n) is 7.14. The molecule has 0 aliphatic heterocycles. The zero-order valence-corrected chi connectivity index (χ0v) is 16.6. The van der Waals surface area contributed by atoms with Crippen LogP contribution in [0.15, 0.2) is 41.7 Å². The number of nitrogens with zero attached hydrogens (tertiary/aromatic N) is 2. The van der Waals surface area contributed by atoms with E-state index in [4.69, 9.17) is 0 Å². The number of carbonyl (C=O) groups is 2. The maximum Gasteiger partial charge on any atom is 0.230 e. The Morgan fingerprint density at radius 3 is 2.74 bits per heavy atom. The van der Waals surface area contributed by atoms with Gasteiger partial charge in [0.05, 0.1) is 17.0 Å². The van der Waals surface area contributed by atoms with Crippen LogP contribution < -0.4 is 5.32 Å². The van der Waals surface area contributed by atoms with E-state index >= 15 is 0 Å². The van der Waals surface area contributed by atoms with E-state index in [-0.39, 0.29) is 23.4 Å². The molecule has 3 rings (SSSR count). The number of thioether (sulfide) groups is 1. The molecule has 6 heteroatoms. The van der Waals surface area contributed by atoms with Gasteiger partial charge in [0.2, 0.25) is 5.91 Å². The number of benzene rings is 1. The predicted molar refractivity (Wildman–Crippen MR) is 107 cm³/mol. The molecule has 1 aromatic heterocycles. The van der Waals surface area contributed by atoms with Gasteiger partial charge in [0, 0.05) is 25.1 Å². The topological polar surface area (TPSA) is 72.0 Å². The number of carbonyl (C=O) groups excluding carboxylic acids is 2. The van der Waals surface area contributed by atoms with E-state index in [0.29, 0.717) is 29.6 Å². The Balaban J connectivity index is 1.53. The minimum Gasteiger partial charge on any atom is -0.355 e. The van der Waals surface area contributed by atoms with Crippen LogP contribution in [0.25, 0.3) is 0 Å². The van der Waals surface area contributed by atoms with Crippen molar-refractivity contribution in [2.24, 2.45) is 5.92 Å². The van der Waals surface area contributed by atoms with Crippen molar-refractivity contribution in [2.75, 3.05) is 12.3 Å². The van der Waals surface area contributed by atoms with Crippen LogP contribution >= 0.6 is 11.8 Å². The third-order valence-corrected chi connectivity index (χ3v) is 5.71. The first-order chi connectivity index (χ1) is 13.0. The lowest BCUT2D eigenvalue weighted by molar-refractivity contribution is -0.118. The molecule has 1 heterocycles. The normalized spacial score (nSPS) is 14.7. The standard InChI is InChI=1S/C21H25N3O2S/c1-14(2)16(15-7-4-3-5-8-15)11-22-20(26)13-27-21-23-12-17-18(24-21)9-6-10-19(17)25/h3-5,7-8,12,14,16H,6,9-11,13H2,1-2H3,(H,22,26). The van der Waals surface area contributed by atoms with Crippen molar-refractivity contribution in [1.29, 1.82) is 0 Å². The van der Waals surface area contributed by atoms with E-state index in [1.807, 2.05) is 18.2 Å². The predicted octanol–water partition coefficient (Wildman–Crippen LogP) is 3.64. The van der Waals surface area contributed by atoms with Crippen LogP contribution in [0.1, 0.15) is 54.2 Å². The van der Waals surface area contributed by atoms with Crippen molar-refractivity contribution < 1.29 is 9.59 Å². The zero-order valence-electron chi connectivity index (χ0n) is 15.8. The van der Waals surface area contributed by atoms with E-state index in [1.165, 1.54) is 17.3 Å². The molecule has 1 aliphatic rings. The quantitative estimate of drug-likeness (QED) is 0.584. The van der Waals surface area contributed by atoms with Crippen molar-refractivity contribution in [3.8, 4) is 0 Å². The molecule has 142 valence electrons. The van der Waals surface area contributed by atoms with Crippen LogP contribution in [0, 0.1) is 5.92 Å². The zero-order chi connectivity index (χ0) is 19.2. The number of ketones is 1. The molecule has 0 fully saturated rings. The van der Waals surface area contributed by atoms with E-state index in [2.05, 4.69) is 41.3 Å². The van der Waals surface area contributed by atoms with Gasteiger partial charge in [-0.1, -0.05) is 55.9 Å². The van der Waals surface area contributed by atoms with Gasteiger partial charge in [0.25, 0.3) is 0 Å². The van der Waals surface area contributed by atoms with Crippen molar-refractivity contribution >= 4 is 23.5 Å². The first-order valence-corrected chi connectivity index (χ1v) is 10.4.